The Morgan fingerprint density at radius 1 is 1.22 bits per heavy atom. The Morgan fingerprint density at radius 3 is 2.59 bits per heavy atom. The van der Waals surface area contributed by atoms with E-state index in [0.29, 0.717) is 5.56 Å². The molecule has 10 heteroatoms. The van der Waals surface area contributed by atoms with Gasteiger partial charge >= 0.3 is 6.09 Å². The molecule has 3 aromatic heterocycles. The number of carbonyl (C=O) groups is 1. The van der Waals surface area contributed by atoms with Crippen LogP contribution in [0.1, 0.15) is 58.1 Å². The Bertz CT molecular complexity index is 1520. The molecule has 2 aliphatic heterocycles. The van der Waals surface area contributed by atoms with Gasteiger partial charge in [0.25, 0.3) is 0 Å². The quantitative estimate of drug-likeness (QED) is 0.307. The second-order valence-corrected chi connectivity index (χ2v) is 12.2. The molecular formula is C31H38N8O2. The number of carbonyl (C=O) groups excluding carboxylic acids is 1. The molecule has 2 saturated heterocycles. The Balaban J connectivity index is 1.33. The molecular weight excluding hydrogens is 516 g/mol. The summed E-state index contributed by atoms with van der Waals surface area (Å²) in [5.41, 5.74) is 4.69. The van der Waals surface area contributed by atoms with E-state index in [1.807, 2.05) is 58.2 Å². The maximum atomic E-state index is 12.6. The molecule has 0 aliphatic carbocycles. The van der Waals surface area contributed by atoms with Gasteiger partial charge < -0.3 is 14.5 Å². The number of rotatable bonds is 5. The number of nitrogens with zero attached hydrogens (tertiary/aromatic N) is 8. The molecule has 0 radical (unpaired) electrons. The molecule has 0 aromatic carbocycles. The highest BCUT2D eigenvalue weighted by Crippen LogP contribution is 2.41. The van der Waals surface area contributed by atoms with E-state index in [2.05, 4.69) is 46.1 Å². The highest BCUT2D eigenvalue weighted by molar-refractivity contribution is 5.86. The summed E-state index contributed by atoms with van der Waals surface area (Å²) in [5, 5.41) is 19.7. The van der Waals surface area contributed by atoms with Gasteiger partial charge in [0.1, 0.15) is 17.5 Å². The molecule has 10 nitrogen and oxygen atoms in total. The van der Waals surface area contributed by atoms with E-state index in [1.54, 1.807) is 15.7 Å². The van der Waals surface area contributed by atoms with Crippen molar-refractivity contribution in [2.75, 3.05) is 38.1 Å². The van der Waals surface area contributed by atoms with Gasteiger partial charge in [-0.2, -0.15) is 15.5 Å². The molecule has 0 bridgehead atoms. The van der Waals surface area contributed by atoms with E-state index < -0.39 is 5.60 Å². The Kier molecular flexibility index (Phi) is 7.47. The zero-order chi connectivity index (χ0) is 29.4. The number of hydrogen-bond donors (Lipinski definition) is 0. The van der Waals surface area contributed by atoms with E-state index >= 15 is 0 Å². The lowest BCUT2D eigenvalue weighted by molar-refractivity contribution is 0.0266. The first-order valence-corrected chi connectivity index (χ1v) is 14.0. The Labute approximate surface area is 241 Å². The topological polar surface area (TPSA) is 102 Å². The lowest BCUT2D eigenvalue weighted by Crippen LogP contribution is -2.43. The van der Waals surface area contributed by atoms with Gasteiger partial charge in [-0.15, -0.1) is 0 Å². The fourth-order valence-corrected chi connectivity index (χ4v) is 5.80. The van der Waals surface area contributed by atoms with Crippen LogP contribution in [0.5, 0.6) is 0 Å². The van der Waals surface area contributed by atoms with Gasteiger partial charge in [-0.25, -0.2) is 14.3 Å². The van der Waals surface area contributed by atoms with Crippen LogP contribution in [0.4, 0.5) is 10.6 Å². The third-order valence-electron chi connectivity index (χ3n) is 8.09. The lowest BCUT2D eigenvalue weighted by atomic mass is 9.78. The smallest absolute Gasteiger partial charge is 0.410 e. The molecule has 1 amide bonds. The number of hydrazone groups is 1. The first kappa shape index (κ1) is 28.1. The Hall–Kier alpha value is -4.39. The van der Waals surface area contributed by atoms with Gasteiger partial charge in [0.2, 0.25) is 0 Å². The maximum Gasteiger partial charge on any atom is 0.410 e. The fourth-order valence-electron chi connectivity index (χ4n) is 5.80. The molecule has 5 rings (SSSR count). The molecule has 1 spiro atoms. The van der Waals surface area contributed by atoms with E-state index in [4.69, 9.17) is 9.72 Å². The third-order valence-corrected chi connectivity index (χ3v) is 8.09. The highest BCUT2D eigenvalue weighted by Gasteiger charge is 2.43. The number of nitriles is 1. The molecule has 214 valence electrons. The summed E-state index contributed by atoms with van der Waals surface area (Å²) >= 11 is 0. The van der Waals surface area contributed by atoms with Crippen molar-refractivity contribution >= 4 is 29.7 Å². The minimum Gasteiger partial charge on any atom is -0.444 e. The summed E-state index contributed by atoms with van der Waals surface area (Å²) in [6.07, 6.45) is 10.1. The van der Waals surface area contributed by atoms with Gasteiger partial charge in [0.15, 0.2) is 0 Å². The lowest BCUT2D eigenvalue weighted by Gasteiger charge is -2.39. The van der Waals surface area contributed by atoms with E-state index in [1.165, 1.54) is 0 Å². The molecule has 0 unspecified atom stereocenters. The first-order valence-electron chi connectivity index (χ1n) is 14.0. The van der Waals surface area contributed by atoms with Crippen molar-refractivity contribution in [1.29, 1.82) is 5.26 Å². The van der Waals surface area contributed by atoms with Crippen LogP contribution < -0.4 is 4.90 Å². The first-order chi connectivity index (χ1) is 19.5. The monoisotopic (exact) mass is 554 g/mol. The predicted octanol–water partition coefficient (Wildman–Crippen LogP) is 5.40. The summed E-state index contributed by atoms with van der Waals surface area (Å²) < 4.78 is 7.36. The van der Waals surface area contributed by atoms with Crippen molar-refractivity contribution in [1.82, 2.24) is 24.5 Å². The molecule has 0 atom stereocenters. The molecule has 2 fully saturated rings. The molecule has 3 aromatic rings. The van der Waals surface area contributed by atoms with Crippen molar-refractivity contribution in [2.45, 2.75) is 52.6 Å². The normalized spacial score (nSPS) is 17.1. The molecule has 0 N–H and O–H groups in total. The third kappa shape index (κ3) is 5.89. The van der Waals surface area contributed by atoms with Crippen LogP contribution in [0.15, 0.2) is 48.1 Å². The van der Waals surface area contributed by atoms with Crippen LogP contribution in [0.3, 0.4) is 0 Å². The van der Waals surface area contributed by atoms with Gasteiger partial charge in [-0.1, -0.05) is 0 Å². The standard InChI is InChI=1S/C31H38N8O2/c1-22(19-36(6)33-5)24-15-26(28-25(16-32)18-35-39(28)20-24)23-7-8-27(34-17-23)37-12-9-31(10-13-37)11-14-38(21-31)29(40)41-30(2,3)4/h7-8,15,17-20H,5,9-14,21H2,1-4,6H3/b22-19+. The van der Waals surface area contributed by atoms with Crippen molar-refractivity contribution in [2.24, 2.45) is 10.5 Å². The number of amides is 1. The van der Waals surface area contributed by atoms with E-state index in [0.717, 1.165) is 79.0 Å². The number of anilines is 1. The SMILES string of the molecule is C=NN(C)/C=C(\C)c1cc(-c2ccc(N3CCC4(CCN(C(=O)OC(C)(C)C)C4)CC3)nc2)c2c(C#N)cnn2c1. The summed E-state index contributed by atoms with van der Waals surface area (Å²) in [5.74, 6) is 0.932. The molecule has 2 aliphatic rings. The van der Waals surface area contributed by atoms with Crippen molar-refractivity contribution in [3.8, 4) is 17.2 Å². The van der Waals surface area contributed by atoms with Crippen LogP contribution in [-0.2, 0) is 4.74 Å². The number of fused-ring (bicyclic) bond motifs is 1. The minimum atomic E-state index is -0.482. The Morgan fingerprint density at radius 2 is 1.95 bits per heavy atom. The molecule has 5 heterocycles. The number of aromatic nitrogens is 3. The zero-order valence-corrected chi connectivity index (χ0v) is 24.6. The van der Waals surface area contributed by atoms with Crippen LogP contribution in [0.2, 0.25) is 0 Å². The fraction of sp³-hybridized carbons (Fsp3) is 0.452. The summed E-state index contributed by atoms with van der Waals surface area (Å²) in [4.78, 5) is 21.6. The van der Waals surface area contributed by atoms with Gasteiger partial charge in [0.05, 0.1) is 17.3 Å². The van der Waals surface area contributed by atoms with Crippen LogP contribution in [0.25, 0.3) is 22.2 Å². The minimum absolute atomic E-state index is 0.148. The number of piperidine rings is 1. The van der Waals surface area contributed by atoms with Gasteiger partial charge in [0, 0.05) is 69.7 Å². The molecule has 41 heavy (non-hydrogen) atoms. The number of likely N-dealkylation sites (tertiary alicyclic amines) is 1. The van der Waals surface area contributed by atoms with Gasteiger partial charge in [-0.3, -0.25) is 5.01 Å². The van der Waals surface area contributed by atoms with E-state index in [-0.39, 0.29) is 11.5 Å². The van der Waals surface area contributed by atoms with Crippen molar-refractivity contribution < 1.29 is 9.53 Å². The summed E-state index contributed by atoms with van der Waals surface area (Å²) in [7, 11) is 1.83. The largest absolute Gasteiger partial charge is 0.444 e. The number of allylic oxidation sites excluding steroid dienone is 1. The van der Waals surface area contributed by atoms with Gasteiger partial charge in [-0.05, 0) is 81.7 Å². The zero-order valence-electron chi connectivity index (χ0n) is 24.6. The maximum absolute atomic E-state index is 12.6. The number of ether oxygens (including phenoxy) is 1. The van der Waals surface area contributed by atoms with Crippen LogP contribution in [-0.4, -0.2) is 76.1 Å². The second-order valence-electron chi connectivity index (χ2n) is 12.2. The average molecular weight is 555 g/mol. The summed E-state index contributed by atoms with van der Waals surface area (Å²) in [6.45, 7) is 14.6. The highest BCUT2D eigenvalue weighted by atomic mass is 16.6. The average Bonchev–Trinajstić information content (AvgIpc) is 3.56. The van der Waals surface area contributed by atoms with Crippen LogP contribution >= 0.6 is 0 Å². The number of hydrogen-bond acceptors (Lipinski definition) is 8. The van der Waals surface area contributed by atoms with Crippen LogP contribution in [0, 0.1) is 16.7 Å². The number of pyridine rings is 2. The van der Waals surface area contributed by atoms with Crippen molar-refractivity contribution in [3.05, 3.63) is 54.1 Å². The second kappa shape index (κ2) is 10.9. The van der Waals surface area contributed by atoms with Crippen molar-refractivity contribution in [3.63, 3.8) is 0 Å². The molecule has 0 saturated carbocycles. The predicted molar refractivity (Wildman–Crippen MR) is 160 cm³/mol. The summed E-state index contributed by atoms with van der Waals surface area (Å²) in [6, 6.07) is 8.46. The van der Waals surface area contributed by atoms with E-state index in [9.17, 15) is 10.1 Å².